The molecule has 0 spiro atoms. The third-order valence-electron chi connectivity index (χ3n) is 4.00. The Morgan fingerprint density at radius 3 is 2.57 bits per heavy atom. The Balaban J connectivity index is 1.88. The number of rotatable bonds is 2. The van der Waals surface area contributed by atoms with E-state index >= 15 is 0 Å². The Kier molecular flexibility index (Phi) is 4.34. The predicted octanol–water partition coefficient (Wildman–Crippen LogP) is 2.41. The van der Waals surface area contributed by atoms with Crippen molar-refractivity contribution in [3.63, 3.8) is 0 Å². The van der Waals surface area contributed by atoms with E-state index in [-0.39, 0.29) is 17.2 Å². The summed E-state index contributed by atoms with van der Waals surface area (Å²) in [6.45, 7) is 2.95. The highest BCUT2D eigenvalue weighted by atomic mass is 19.1. The molecule has 2 aromatic rings. The number of carbonyl (C=O) groups is 1. The lowest BCUT2D eigenvalue weighted by Crippen LogP contribution is -2.47. The molecule has 0 atom stereocenters. The first-order valence-corrected chi connectivity index (χ1v) is 7.44. The summed E-state index contributed by atoms with van der Waals surface area (Å²) in [5.41, 5.74) is 0.739. The van der Waals surface area contributed by atoms with Gasteiger partial charge in [-0.15, -0.1) is 0 Å². The van der Waals surface area contributed by atoms with Crippen molar-refractivity contribution in [1.82, 2.24) is 14.8 Å². The summed E-state index contributed by atoms with van der Waals surface area (Å²) in [6.07, 6.45) is 1.45. The Hall–Kier alpha value is -2.34. The fourth-order valence-corrected chi connectivity index (χ4v) is 2.60. The van der Waals surface area contributed by atoms with E-state index in [1.165, 1.54) is 12.3 Å². The Morgan fingerprint density at radius 2 is 1.83 bits per heavy atom. The quantitative estimate of drug-likeness (QED) is 0.853. The highest BCUT2D eigenvalue weighted by molar-refractivity contribution is 5.95. The summed E-state index contributed by atoms with van der Waals surface area (Å²) in [7, 11) is 2.01. The van der Waals surface area contributed by atoms with Crippen molar-refractivity contribution in [2.24, 2.45) is 0 Å². The summed E-state index contributed by atoms with van der Waals surface area (Å²) < 4.78 is 27.2. The van der Waals surface area contributed by atoms with Gasteiger partial charge in [-0.2, -0.15) is 0 Å². The van der Waals surface area contributed by atoms with Gasteiger partial charge in [0.05, 0.1) is 5.69 Å². The van der Waals surface area contributed by atoms with E-state index in [1.807, 2.05) is 7.05 Å². The van der Waals surface area contributed by atoms with Gasteiger partial charge in [-0.3, -0.25) is 9.78 Å². The van der Waals surface area contributed by atoms with Crippen molar-refractivity contribution < 1.29 is 13.6 Å². The average molecular weight is 317 g/mol. The molecule has 1 aromatic carbocycles. The van der Waals surface area contributed by atoms with Gasteiger partial charge in [0.1, 0.15) is 11.6 Å². The molecule has 1 fully saturated rings. The van der Waals surface area contributed by atoms with Crippen LogP contribution in [0.15, 0.2) is 36.5 Å². The molecule has 1 aromatic heterocycles. The van der Waals surface area contributed by atoms with Crippen LogP contribution in [0.25, 0.3) is 11.3 Å². The van der Waals surface area contributed by atoms with Gasteiger partial charge >= 0.3 is 0 Å². The lowest BCUT2D eigenvalue weighted by atomic mass is 10.1. The van der Waals surface area contributed by atoms with Crippen molar-refractivity contribution >= 4 is 5.91 Å². The van der Waals surface area contributed by atoms with Crippen LogP contribution in [0.2, 0.25) is 0 Å². The van der Waals surface area contributed by atoms with Crippen LogP contribution in [-0.2, 0) is 0 Å². The number of likely N-dealkylation sites (N-methyl/N-ethyl adjacent to an activating group) is 1. The summed E-state index contributed by atoms with van der Waals surface area (Å²) in [5.74, 6) is -1.22. The molecule has 3 rings (SSSR count). The van der Waals surface area contributed by atoms with Crippen LogP contribution < -0.4 is 0 Å². The number of hydrogen-bond acceptors (Lipinski definition) is 3. The number of aromatic nitrogens is 1. The van der Waals surface area contributed by atoms with Crippen molar-refractivity contribution in [2.45, 2.75) is 0 Å². The van der Waals surface area contributed by atoms with Crippen molar-refractivity contribution in [1.29, 1.82) is 0 Å². The molecule has 0 unspecified atom stereocenters. The second-order valence-corrected chi connectivity index (χ2v) is 5.65. The lowest BCUT2D eigenvalue weighted by Gasteiger charge is -2.32. The van der Waals surface area contributed by atoms with Crippen LogP contribution in [0.5, 0.6) is 0 Å². The molecule has 0 bridgehead atoms. The van der Waals surface area contributed by atoms with Gasteiger partial charge in [0.2, 0.25) is 0 Å². The van der Waals surface area contributed by atoms with Crippen molar-refractivity contribution in [3.05, 3.63) is 53.7 Å². The smallest absolute Gasteiger partial charge is 0.254 e. The maximum Gasteiger partial charge on any atom is 0.254 e. The summed E-state index contributed by atoms with van der Waals surface area (Å²) in [5, 5.41) is 0. The molecule has 0 radical (unpaired) electrons. The second-order valence-electron chi connectivity index (χ2n) is 5.65. The zero-order chi connectivity index (χ0) is 16.4. The highest BCUT2D eigenvalue weighted by Gasteiger charge is 2.21. The number of benzene rings is 1. The average Bonchev–Trinajstić information content (AvgIpc) is 2.57. The largest absolute Gasteiger partial charge is 0.336 e. The minimum Gasteiger partial charge on any atom is -0.336 e. The molecule has 1 aliphatic heterocycles. The Bertz CT molecular complexity index is 728. The van der Waals surface area contributed by atoms with Gasteiger partial charge in [0.25, 0.3) is 5.91 Å². The topological polar surface area (TPSA) is 36.4 Å². The molecule has 2 heterocycles. The zero-order valence-corrected chi connectivity index (χ0v) is 12.8. The van der Waals surface area contributed by atoms with Crippen LogP contribution >= 0.6 is 0 Å². The van der Waals surface area contributed by atoms with E-state index in [4.69, 9.17) is 0 Å². The fraction of sp³-hybridized carbons (Fsp3) is 0.294. The van der Waals surface area contributed by atoms with Crippen molar-refractivity contribution in [3.8, 4) is 11.3 Å². The highest BCUT2D eigenvalue weighted by Crippen LogP contribution is 2.23. The monoisotopic (exact) mass is 317 g/mol. The van der Waals surface area contributed by atoms with Crippen LogP contribution in [0, 0.1) is 11.6 Å². The number of carbonyl (C=O) groups excluding carboxylic acids is 1. The summed E-state index contributed by atoms with van der Waals surface area (Å²) in [4.78, 5) is 20.5. The van der Waals surface area contributed by atoms with Crippen molar-refractivity contribution in [2.75, 3.05) is 33.2 Å². The molecule has 4 nitrogen and oxygen atoms in total. The van der Waals surface area contributed by atoms with E-state index in [2.05, 4.69) is 9.88 Å². The third-order valence-corrected chi connectivity index (χ3v) is 4.00. The Morgan fingerprint density at radius 1 is 1.09 bits per heavy atom. The normalized spacial score (nSPS) is 15.7. The molecule has 0 aliphatic carbocycles. The zero-order valence-electron chi connectivity index (χ0n) is 12.8. The summed E-state index contributed by atoms with van der Waals surface area (Å²) in [6, 6.07) is 6.31. The Labute approximate surface area is 133 Å². The number of piperazine rings is 1. The number of halogens is 2. The van der Waals surface area contributed by atoms with Gasteiger partial charge in [0, 0.05) is 43.5 Å². The van der Waals surface area contributed by atoms with Crippen LogP contribution in [0.3, 0.4) is 0 Å². The minimum absolute atomic E-state index is 0.0537. The second kappa shape index (κ2) is 6.42. The SMILES string of the molecule is CN1CCN(C(=O)c2ccnc(-c3cc(F)ccc3F)c2)CC1. The first-order chi connectivity index (χ1) is 11.0. The first-order valence-electron chi connectivity index (χ1n) is 7.44. The maximum atomic E-state index is 13.9. The third kappa shape index (κ3) is 3.37. The van der Waals surface area contributed by atoms with Crippen LogP contribution in [-0.4, -0.2) is 53.9 Å². The van der Waals surface area contributed by atoms with E-state index in [0.29, 0.717) is 18.7 Å². The van der Waals surface area contributed by atoms with E-state index in [0.717, 1.165) is 31.3 Å². The molecule has 6 heteroatoms. The van der Waals surface area contributed by atoms with E-state index < -0.39 is 11.6 Å². The number of nitrogens with zero attached hydrogens (tertiary/aromatic N) is 3. The van der Waals surface area contributed by atoms with E-state index in [1.54, 1.807) is 11.0 Å². The molecule has 1 saturated heterocycles. The standard InChI is InChI=1S/C17H17F2N3O/c1-21-6-8-22(9-7-21)17(23)12-4-5-20-16(10-12)14-11-13(18)2-3-15(14)19/h2-5,10-11H,6-9H2,1H3. The molecule has 120 valence electrons. The fourth-order valence-electron chi connectivity index (χ4n) is 2.60. The van der Waals surface area contributed by atoms with Gasteiger partial charge in [-0.25, -0.2) is 8.78 Å². The van der Waals surface area contributed by atoms with Gasteiger partial charge < -0.3 is 9.80 Å². The molecule has 1 aliphatic rings. The number of amides is 1. The predicted molar refractivity (Wildman–Crippen MR) is 83.0 cm³/mol. The van der Waals surface area contributed by atoms with Gasteiger partial charge in [-0.05, 0) is 37.4 Å². The molecule has 0 saturated carbocycles. The molecule has 1 amide bonds. The van der Waals surface area contributed by atoms with Crippen LogP contribution in [0.1, 0.15) is 10.4 Å². The minimum atomic E-state index is -0.567. The maximum absolute atomic E-state index is 13.9. The van der Waals surface area contributed by atoms with E-state index in [9.17, 15) is 13.6 Å². The van der Waals surface area contributed by atoms with Crippen LogP contribution in [0.4, 0.5) is 8.78 Å². The first kappa shape index (κ1) is 15.6. The van der Waals surface area contributed by atoms with Gasteiger partial charge in [-0.1, -0.05) is 0 Å². The number of pyridine rings is 1. The molecule has 23 heavy (non-hydrogen) atoms. The number of hydrogen-bond donors (Lipinski definition) is 0. The molecular weight excluding hydrogens is 300 g/mol. The lowest BCUT2D eigenvalue weighted by molar-refractivity contribution is 0.0664. The van der Waals surface area contributed by atoms with Gasteiger partial charge in [0.15, 0.2) is 0 Å². The molecule has 0 N–H and O–H groups in total. The molecular formula is C17H17F2N3O. The summed E-state index contributed by atoms with van der Waals surface area (Å²) >= 11 is 0.